The summed E-state index contributed by atoms with van der Waals surface area (Å²) in [6.45, 7) is 5.39. The Kier molecular flexibility index (Phi) is 5.95. The molecule has 1 aromatic heterocycles. The summed E-state index contributed by atoms with van der Waals surface area (Å²) < 4.78 is 17.7. The highest BCUT2D eigenvalue weighted by molar-refractivity contribution is 7.22. The zero-order valence-electron chi connectivity index (χ0n) is 16.9. The molecule has 2 aromatic carbocycles. The summed E-state index contributed by atoms with van der Waals surface area (Å²) in [5.41, 5.74) is 1.26. The fourth-order valence-corrected chi connectivity index (χ4v) is 4.99. The van der Waals surface area contributed by atoms with Crippen LogP contribution >= 0.6 is 22.9 Å². The second-order valence-electron chi connectivity index (χ2n) is 7.35. The summed E-state index contributed by atoms with van der Waals surface area (Å²) in [6.07, 6.45) is 0. The van der Waals surface area contributed by atoms with Crippen molar-refractivity contribution >= 4 is 44.2 Å². The highest BCUT2D eigenvalue weighted by atomic mass is 35.5. The van der Waals surface area contributed by atoms with E-state index in [1.807, 2.05) is 18.2 Å². The number of para-hydroxylation sites is 1. The van der Waals surface area contributed by atoms with Crippen molar-refractivity contribution in [3.63, 3.8) is 0 Å². The minimum atomic E-state index is -0.125. The highest BCUT2D eigenvalue weighted by Gasteiger charge is 2.25. The Morgan fingerprint density at radius 3 is 2.71 bits per heavy atom. The van der Waals surface area contributed by atoms with Gasteiger partial charge in [0.1, 0.15) is 18.7 Å². The zero-order chi connectivity index (χ0) is 21.2. The molecule has 31 heavy (non-hydrogen) atoms. The van der Waals surface area contributed by atoms with Crippen LogP contribution in [0, 0.1) is 0 Å². The molecule has 7 nitrogen and oxygen atoms in total. The molecule has 162 valence electrons. The second-order valence-corrected chi connectivity index (χ2v) is 8.77. The molecule has 0 bridgehead atoms. The number of rotatable bonds is 5. The molecule has 0 saturated carbocycles. The average Bonchev–Trinajstić information content (AvgIpc) is 3.25. The van der Waals surface area contributed by atoms with Crippen LogP contribution in [0.4, 0.5) is 5.13 Å². The normalized spacial score (nSPS) is 16.4. The van der Waals surface area contributed by atoms with Gasteiger partial charge in [-0.05, 0) is 30.3 Å². The first-order valence-electron chi connectivity index (χ1n) is 10.3. The number of hydrogen-bond donors (Lipinski definition) is 0. The molecule has 0 radical (unpaired) electrons. The molecule has 0 atom stereocenters. The number of hydrogen-bond acceptors (Lipinski definition) is 7. The lowest BCUT2D eigenvalue weighted by Crippen LogP contribution is -2.43. The molecule has 1 fully saturated rings. The first kappa shape index (κ1) is 20.5. The molecule has 1 amide bonds. The molecule has 0 aliphatic carbocycles. The Labute approximate surface area is 189 Å². The second kappa shape index (κ2) is 9.00. The van der Waals surface area contributed by atoms with Crippen molar-refractivity contribution in [3.8, 4) is 11.5 Å². The van der Waals surface area contributed by atoms with E-state index in [1.54, 1.807) is 23.1 Å². The maximum absolute atomic E-state index is 13.6. The largest absolute Gasteiger partial charge is 0.486 e. The molecule has 0 unspecified atom stereocenters. The van der Waals surface area contributed by atoms with Crippen LogP contribution in [-0.2, 0) is 4.74 Å². The maximum Gasteiger partial charge on any atom is 0.260 e. The van der Waals surface area contributed by atoms with Gasteiger partial charge in [0, 0.05) is 31.7 Å². The summed E-state index contributed by atoms with van der Waals surface area (Å²) in [5.74, 6) is 1.13. The van der Waals surface area contributed by atoms with Gasteiger partial charge in [-0.2, -0.15) is 0 Å². The molecule has 2 aliphatic heterocycles. The smallest absolute Gasteiger partial charge is 0.260 e. The van der Waals surface area contributed by atoms with Crippen LogP contribution in [0.2, 0.25) is 5.02 Å². The maximum atomic E-state index is 13.6. The van der Waals surface area contributed by atoms with Crippen LogP contribution < -0.4 is 14.4 Å². The summed E-state index contributed by atoms with van der Waals surface area (Å²) >= 11 is 7.81. The van der Waals surface area contributed by atoms with Crippen LogP contribution in [0.1, 0.15) is 10.4 Å². The first-order valence-corrected chi connectivity index (χ1v) is 11.5. The van der Waals surface area contributed by atoms with Gasteiger partial charge in [-0.25, -0.2) is 4.98 Å². The third kappa shape index (κ3) is 4.34. The van der Waals surface area contributed by atoms with Crippen LogP contribution in [0.25, 0.3) is 10.2 Å². The summed E-state index contributed by atoms with van der Waals surface area (Å²) in [7, 11) is 0. The van der Waals surface area contributed by atoms with E-state index in [9.17, 15) is 4.79 Å². The minimum Gasteiger partial charge on any atom is -0.486 e. The molecular formula is C22H22ClN3O4S. The van der Waals surface area contributed by atoms with Gasteiger partial charge >= 0.3 is 0 Å². The Morgan fingerprint density at radius 2 is 1.90 bits per heavy atom. The lowest BCUT2D eigenvalue weighted by molar-refractivity contribution is 0.0391. The lowest BCUT2D eigenvalue weighted by atomic mass is 10.1. The van der Waals surface area contributed by atoms with Crippen molar-refractivity contribution in [2.45, 2.75) is 0 Å². The summed E-state index contributed by atoms with van der Waals surface area (Å²) in [5, 5.41) is 1.22. The van der Waals surface area contributed by atoms with Crippen molar-refractivity contribution in [2.24, 2.45) is 0 Å². The molecule has 0 N–H and O–H groups in total. The van der Waals surface area contributed by atoms with Crippen molar-refractivity contribution < 1.29 is 19.0 Å². The number of halogens is 1. The van der Waals surface area contributed by atoms with E-state index in [2.05, 4.69) is 4.90 Å². The number of benzene rings is 2. The predicted molar refractivity (Wildman–Crippen MR) is 121 cm³/mol. The third-order valence-electron chi connectivity index (χ3n) is 5.37. The van der Waals surface area contributed by atoms with Crippen molar-refractivity contribution in [1.29, 1.82) is 0 Å². The van der Waals surface area contributed by atoms with E-state index in [0.717, 1.165) is 29.9 Å². The molecular weight excluding hydrogens is 438 g/mol. The number of nitrogens with zero attached hydrogens (tertiary/aromatic N) is 3. The van der Waals surface area contributed by atoms with Gasteiger partial charge in [-0.15, -0.1) is 0 Å². The van der Waals surface area contributed by atoms with E-state index in [4.69, 9.17) is 30.8 Å². The van der Waals surface area contributed by atoms with Crippen molar-refractivity contribution in [1.82, 2.24) is 9.88 Å². The summed E-state index contributed by atoms with van der Waals surface area (Å²) in [4.78, 5) is 22.3. The fourth-order valence-electron chi connectivity index (χ4n) is 3.70. The van der Waals surface area contributed by atoms with Gasteiger partial charge in [0.2, 0.25) is 0 Å². The predicted octanol–water partition coefficient (Wildman–Crippen LogP) is 3.70. The monoisotopic (exact) mass is 459 g/mol. The number of anilines is 1. The Balaban J connectivity index is 1.46. The number of aromatic nitrogens is 1. The lowest BCUT2D eigenvalue weighted by Gasteiger charge is -2.29. The minimum absolute atomic E-state index is 0.125. The number of carbonyl (C=O) groups is 1. The van der Waals surface area contributed by atoms with Gasteiger partial charge in [0.15, 0.2) is 16.6 Å². The molecule has 0 spiro atoms. The van der Waals surface area contributed by atoms with Crippen molar-refractivity contribution in [3.05, 3.63) is 47.0 Å². The van der Waals surface area contributed by atoms with E-state index < -0.39 is 0 Å². The van der Waals surface area contributed by atoms with E-state index in [0.29, 0.717) is 60.2 Å². The number of carbonyl (C=O) groups excluding carboxylic acids is 1. The van der Waals surface area contributed by atoms with E-state index in [-0.39, 0.29) is 5.91 Å². The molecule has 3 aromatic rings. The number of fused-ring (bicyclic) bond motifs is 2. The van der Waals surface area contributed by atoms with Gasteiger partial charge in [-0.1, -0.05) is 29.0 Å². The Bertz CT molecular complexity index is 1100. The quantitative estimate of drug-likeness (QED) is 0.579. The first-order chi connectivity index (χ1) is 15.2. The molecule has 9 heteroatoms. The van der Waals surface area contributed by atoms with Gasteiger partial charge < -0.3 is 14.2 Å². The van der Waals surface area contributed by atoms with E-state index >= 15 is 0 Å². The number of amides is 1. The zero-order valence-corrected chi connectivity index (χ0v) is 18.5. The van der Waals surface area contributed by atoms with Gasteiger partial charge in [0.05, 0.1) is 22.9 Å². The van der Waals surface area contributed by atoms with Crippen LogP contribution in [0.15, 0.2) is 36.4 Å². The molecule has 1 saturated heterocycles. The van der Waals surface area contributed by atoms with Gasteiger partial charge in [-0.3, -0.25) is 14.6 Å². The fraction of sp³-hybridized carbons (Fsp3) is 0.364. The number of thiazole rings is 1. The summed E-state index contributed by atoms with van der Waals surface area (Å²) in [6, 6.07) is 11.0. The third-order valence-corrected chi connectivity index (χ3v) is 6.72. The van der Waals surface area contributed by atoms with Crippen LogP contribution in [0.5, 0.6) is 11.5 Å². The highest BCUT2D eigenvalue weighted by Crippen LogP contribution is 2.35. The number of ether oxygens (including phenoxy) is 3. The van der Waals surface area contributed by atoms with Crippen molar-refractivity contribution in [2.75, 3.05) is 57.5 Å². The average molecular weight is 460 g/mol. The van der Waals surface area contributed by atoms with Gasteiger partial charge in [0.25, 0.3) is 5.91 Å². The van der Waals surface area contributed by atoms with Crippen LogP contribution in [-0.4, -0.2) is 68.4 Å². The van der Waals surface area contributed by atoms with E-state index in [1.165, 1.54) is 11.3 Å². The molecule has 3 heterocycles. The number of morpholine rings is 1. The standard InChI is InChI=1S/C22H22ClN3O4S/c23-16-2-1-3-19-20(16)24-22(31-19)26(7-6-25-8-10-28-11-9-25)21(27)15-4-5-17-18(14-15)30-13-12-29-17/h1-5,14H,6-13H2. The Hall–Kier alpha value is -2.39. The molecule has 5 rings (SSSR count). The SMILES string of the molecule is O=C(c1ccc2c(c1)OCCO2)N(CCN1CCOCC1)c1nc2c(Cl)cccc2s1. The van der Waals surface area contributed by atoms with Crippen LogP contribution in [0.3, 0.4) is 0 Å². The molecule has 2 aliphatic rings. The topological polar surface area (TPSA) is 64.1 Å². The Morgan fingerprint density at radius 1 is 1.10 bits per heavy atom.